The van der Waals surface area contributed by atoms with Crippen LogP contribution in [0.15, 0.2) is 22.6 Å². The van der Waals surface area contributed by atoms with Gasteiger partial charge in [-0.2, -0.15) is 0 Å². The topological polar surface area (TPSA) is 53.8 Å². The van der Waals surface area contributed by atoms with Crippen LogP contribution in [0.5, 0.6) is 0 Å². The van der Waals surface area contributed by atoms with Crippen LogP contribution in [0.1, 0.15) is 32.3 Å². The van der Waals surface area contributed by atoms with E-state index in [2.05, 4.69) is 0 Å². The third kappa shape index (κ3) is 4.00. The van der Waals surface area contributed by atoms with Gasteiger partial charge in [-0.05, 0) is 25.1 Å². The van der Waals surface area contributed by atoms with Crippen molar-refractivity contribution in [2.45, 2.75) is 27.7 Å². The van der Waals surface area contributed by atoms with E-state index in [0.29, 0.717) is 31.9 Å². The number of amides is 2. The second-order valence-corrected chi connectivity index (χ2v) is 6.65. The van der Waals surface area contributed by atoms with Crippen LogP contribution in [0.4, 0.5) is 0 Å². The molecule has 0 N–H and O–H groups in total. The van der Waals surface area contributed by atoms with Gasteiger partial charge in [0.1, 0.15) is 11.5 Å². The number of rotatable bonds is 2. The van der Waals surface area contributed by atoms with E-state index in [-0.39, 0.29) is 17.2 Å². The minimum absolute atomic E-state index is 0.0445. The normalized spacial score (nSPS) is 16.4. The lowest BCUT2D eigenvalue weighted by Gasteiger charge is -2.37. The van der Waals surface area contributed by atoms with Crippen molar-refractivity contribution in [2.75, 3.05) is 26.2 Å². The van der Waals surface area contributed by atoms with Crippen molar-refractivity contribution >= 4 is 17.9 Å². The number of hydrogen-bond acceptors (Lipinski definition) is 3. The molecule has 5 heteroatoms. The first-order valence-corrected chi connectivity index (χ1v) is 7.60. The van der Waals surface area contributed by atoms with Crippen molar-refractivity contribution in [1.29, 1.82) is 0 Å². The SMILES string of the molecule is Cc1ccc(/C=C/C(=O)N2CCN(C(=O)C(C)(C)C)CC2)o1. The highest BCUT2D eigenvalue weighted by atomic mass is 16.3. The molecule has 1 fully saturated rings. The second kappa shape index (κ2) is 6.38. The van der Waals surface area contributed by atoms with Gasteiger partial charge in [0, 0.05) is 37.7 Å². The molecule has 0 atom stereocenters. The lowest BCUT2D eigenvalue weighted by molar-refractivity contribution is -0.143. The third-order valence-corrected chi connectivity index (χ3v) is 3.67. The molecule has 1 aliphatic heterocycles. The van der Waals surface area contributed by atoms with Crippen LogP contribution in [0, 0.1) is 12.3 Å². The van der Waals surface area contributed by atoms with E-state index in [0.717, 1.165) is 5.76 Å². The maximum atomic E-state index is 12.2. The summed E-state index contributed by atoms with van der Waals surface area (Å²) in [6, 6.07) is 3.69. The van der Waals surface area contributed by atoms with Crippen molar-refractivity contribution in [3.63, 3.8) is 0 Å². The van der Waals surface area contributed by atoms with Crippen LogP contribution in [-0.2, 0) is 9.59 Å². The van der Waals surface area contributed by atoms with Crippen molar-refractivity contribution in [3.8, 4) is 0 Å². The highest BCUT2D eigenvalue weighted by molar-refractivity contribution is 5.91. The Hall–Kier alpha value is -2.04. The van der Waals surface area contributed by atoms with Crippen LogP contribution in [0.25, 0.3) is 6.08 Å². The van der Waals surface area contributed by atoms with Gasteiger partial charge in [-0.25, -0.2) is 0 Å². The molecule has 1 saturated heterocycles. The molecule has 0 radical (unpaired) electrons. The number of carbonyl (C=O) groups is 2. The molecule has 2 heterocycles. The van der Waals surface area contributed by atoms with Gasteiger partial charge in [-0.3, -0.25) is 9.59 Å². The Bertz CT molecular complexity index is 573. The fourth-order valence-electron chi connectivity index (χ4n) is 2.41. The summed E-state index contributed by atoms with van der Waals surface area (Å²) in [5.41, 5.74) is -0.372. The van der Waals surface area contributed by atoms with E-state index in [9.17, 15) is 9.59 Å². The first kappa shape index (κ1) is 16.3. The van der Waals surface area contributed by atoms with Crippen molar-refractivity contribution < 1.29 is 14.0 Å². The van der Waals surface area contributed by atoms with Gasteiger partial charge in [0.05, 0.1) is 0 Å². The van der Waals surface area contributed by atoms with Crippen LogP contribution < -0.4 is 0 Å². The predicted octanol–water partition coefficient (Wildman–Crippen LogP) is 2.32. The number of nitrogens with zero attached hydrogens (tertiary/aromatic N) is 2. The molecular formula is C17H24N2O3. The molecule has 0 aliphatic carbocycles. The van der Waals surface area contributed by atoms with Gasteiger partial charge in [0.25, 0.3) is 0 Å². The molecule has 0 aromatic carbocycles. The number of furan rings is 1. The van der Waals surface area contributed by atoms with Crippen LogP contribution in [0.3, 0.4) is 0 Å². The standard InChI is InChI=1S/C17H24N2O3/c1-13-5-6-14(22-13)7-8-15(20)18-9-11-19(12-10-18)16(21)17(2,3)4/h5-8H,9-12H2,1-4H3/b8-7+. The third-order valence-electron chi connectivity index (χ3n) is 3.67. The molecule has 22 heavy (non-hydrogen) atoms. The molecule has 1 aliphatic rings. The summed E-state index contributed by atoms with van der Waals surface area (Å²) in [5, 5.41) is 0. The molecule has 1 aromatic heterocycles. The van der Waals surface area contributed by atoms with Gasteiger partial charge >= 0.3 is 0 Å². The highest BCUT2D eigenvalue weighted by Crippen LogP contribution is 2.18. The summed E-state index contributed by atoms with van der Waals surface area (Å²) < 4.78 is 5.40. The zero-order valence-electron chi connectivity index (χ0n) is 13.8. The van der Waals surface area contributed by atoms with Gasteiger partial charge in [-0.15, -0.1) is 0 Å². The first-order valence-electron chi connectivity index (χ1n) is 7.60. The Labute approximate surface area is 131 Å². The summed E-state index contributed by atoms with van der Waals surface area (Å²) in [5.74, 6) is 1.59. The minimum Gasteiger partial charge on any atom is -0.462 e. The first-order chi connectivity index (χ1) is 10.3. The van der Waals surface area contributed by atoms with E-state index >= 15 is 0 Å². The lowest BCUT2D eigenvalue weighted by atomic mass is 9.94. The molecule has 0 unspecified atom stereocenters. The van der Waals surface area contributed by atoms with Crippen molar-refractivity contribution in [3.05, 3.63) is 29.7 Å². The van der Waals surface area contributed by atoms with E-state index < -0.39 is 0 Å². The summed E-state index contributed by atoms with van der Waals surface area (Å²) >= 11 is 0. The van der Waals surface area contributed by atoms with Crippen molar-refractivity contribution in [1.82, 2.24) is 9.80 Å². The van der Waals surface area contributed by atoms with E-state index in [1.165, 1.54) is 6.08 Å². The number of piperazine rings is 1. The Morgan fingerprint density at radius 1 is 1.09 bits per heavy atom. The average molecular weight is 304 g/mol. The Morgan fingerprint density at radius 3 is 2.18 bits per heavy atom. The monoisotopic (exact) mass is 304 g/mol. The van der Waals surface area contributed by atoms with Crippen LogP contribution in [0.2, 0.25) is 0 Å². The predicted molar refractivity (Wildman–Crippen MR) is 85.1 cm³/mol. The van der Waals surface area contributed by atoms with Crippen LogP contribution >= 0.6 is 0 Å². The van der Waals surface area contributed by atoms with Crippen molar-refractivity contribution in [2.24, 2.45) is 5.41 Å². The fraction of sp³-hybridized carbons (Fsp3) is 0.529. The summed E-state index contributed by atoms with van der Waals surface area (Å²) in [4.78, 5) is 28.0. The number of aryl methyl sites for hydroxylation is 1. The fourth-order valence-corrected chi connectivity index (χ4v) is 2.41. The molecule has 5 nitrogen and oxygen atoms in total. The van der Waals surface area contributed by atoms with Gasteiger partial charge in [0.15, 0.2) is 0 Å². The summed E-state index contributed by atoms with van der Waals surface area (Å²) in [7, 11) is 0. The quantitative estimate of drug-likeness (QED) is 0.788. The summed E-state index contributed by atoms with van der Waals surface area (Å²) in [6.07, 6.45) is 3.21. The molecular weight excluding hydrogens is 280 g/mol. The maximum absolute atomic E-state index is 12.2. The average Bonchev–Trinajstić information content (AvgIpc) is 2.89. The molecule has 0 saturated carbocycles. The maximum Gasteiger partial charge on any atom is 0.246 e. The van der Waals surface area contributed by atoms with E-state index in [1.54, 1.807) is 11.0 Å². The Kier molecular flexibility index (Phi) is 4.74. The smallest absolute Gasteiger partial charge is 0.246 e. The Morgan fingerprint density at radius 2 is 1.68 bits per heavy atom. The minimum atomic E-state index is -0.372. The molecule has 120 valence electrons. The molecule has 0 bridgehead atoms. The zero-order chi connectivity index (χ0) is 16.3. The molecule has 2 amide bonds. The highest BCUT2D eigenvalue weighted by Gasteiger charge is 2.30. The number of carbonyl (C=O) groups excluding carboxylic acids is 2. The molecule has 0 spiro atoms. The molecule has 2 rings (SSSR count). The van der Waals surface area contributed by atoms with E-state index in [1.807, 2.05) is 44.7 Å². The lowest BCUT2D eigenvalue weighted by Crippen LogP contribution is -2.52. The van der Waals surface area contributed by atoms with Crippen LogP contribution in [-0.4, -0.2) is 47.8 Å². The number of hydrogen-bond donors (Lipinski definition) is 0. The van der Waals surface area contributed by atoms with E-state index in [4.69, 9.17) is 4.42 Å². The second-order valence-electron chi connectivity index (χ2n) is 6.65. The Balaban J connectivity index is 1.87. The summed E-state index contributed by atoms with van der Waals surface area (Å²) in [6.45, 7) is 9.95. The molecule has 1 aromatic rings. The van der Waals surface area contributed by atoms with Gasteiger partial charge < -0.3 is 14.2 Å². The zero-order valence-corrected chi connectivity index (χ0v) is 13.8. The largest absolute Gasteiger partial charge is 0.462 e. The van der Waals surface area contributed by atoms with Gasteiger partial charge in [-0.1, -0.05) is 20.8 Å². The van der Waals surface area contributed by atoms with Gasteiger partial charge in [0.2, 0.25) is 11.8 Å².